The standard InChI is InChI=1S/C23H29NO/c1-22(2,3)15-16-7-9-17(10-8-16)21-14-18-13-19(25-23(4,5)6)11-12-20(18)24-21/h7-13H,14-15H2,1-6H3. The molecule has 0 saturated carbocycles. The quantitative estimate of drug-likeness (QED) is 0.661. The van der Waals surface area contributed by atoms with E-state index < -0.39 is 0 Å². The molecule has 2 nitrogen and oxygen atoms in total. The van der Waals surface area contributed by atoms with Crippen LogP contribution in [0.15, 0.2) is 47.5 Å². The molecule has 0 fully saturated rings. The van der Waals surface area contributed by atoms with E-state index in [9.17, 15) is 0 Å². The molecule has 1 heterocycles. The van der Waals surface area contributed by atoms with Crippen LogP contribution in [0, 0.1) is 5.41 Å². The van der Waals surface area contributed by atoms with E-state index in [1.807, 2.05) is 6.07 Å². The highest BCUT2D eigenvalue weighted by Crippen LogP contribution is 2.33. The number of nitrogens with zero attached hydrogens (tertiary/aromatic N) is 1. The van der Waals surface area contributed by atoms with Gasteiger partial charge in [0.25, 0.3) is 0 Å². The van der Waals surface area contributed by atoms with E-state index in [1.54, 1.807) is 0 Å². The van der Waals surface area contributed by atoms with Crippen LogP contribution in [0.25, 0.3) is 0 Å². The Bertz CT molecular complexity index is 786. The molecule has 0 aromatic heterocycles. The minimum absolute atomic E-state index is 0.181. The Morgan fingerprint density at radius 2 is 1.60 bits per heavy atom. The second-order valence-electron chi connectivity index (χ2n) is 9.17. The van der Waals surface area contributed by atoms with Crippen molar-refractivity contribution in [2.45, 2.75) is 60.0 Å². The van der Waals surface area contributed by atoms with E-state index in [0.29, 0.717) is 5.41 Å². The van der Waals surface area contributed by atoms with E-state index in [4.69, 9.17) is 9.73 Å². The predicted octanol–water partition coefficient (Wildman–Crippen LogP) is 6.13. The summed E-state index contributed by atoms with van der Waals surface area (Å²) in [6.45, 7) is 13.0. The number of hydrogen-bond acceptors (Lipinski definition) is 2. The van der Waals surface area contributed by atoms with Crippen LogP contribution in [0.4, 0.5) is 5.69 Å². The molecule has 0 radical (unpaired) electrons. The molecular formula is C23H29NO. The first-order valence-corrected chi connectivity index (χ1v) is 9.08. The van der Waals surface area contributed by atoms with E-state index in [0.717, 1.165) is 30.0 Å². The van der Waals surface area contributed by atoms with Gasteiger partial charge in [0.2, 0.25) is 0 Å². The Hall–Kier alpha value is -2.09. The molecule has 1 aliphatic rings. The van der Waals surface area contributed by atoms with E-state index >= 15 is 0 Å². The average molecular weight is 335 g/mol. The maximum Gasteiger partial charge on any atom is 0.120 e. The maximum atomic E-state index is 5.98. The third-order valence-corrected chi connectivity index (χ3v) is 4.11. The zero-order chi connectivity index (χ0) is 18.2. The fraction of sp³-hybridized carbons (Fsp3) is 0.435. The first-order chi connectivity index (χ1) is 11.6. The third-order valence-electron chi connectivity index (χ3n) is 4.11. The van der Waals surface area contributed by atoms with Crippen LogP contribution >= 0.6 is 0 Å². The Morgan fingerprint density at radius 3 is 2.20 bits per heavy atom. The minimum Gasteiger partial charge on any atom is -0.488 e. The summed E-state index contributed by atoms with van der Waals surface area (Å²) in [4.78, 5) is 4.82. The zero-order valence-corrected chi connectivity index (χ0v) is 16.3. The summed E-state index contributed by atoms with van der Waals surface area (Å²) in [5, 5.41) is 0. The molecule has 0 atom stereocenters. The van der Waals surface area contributed by atoms with Gasteiger partial charge in [-0.15, -0.1) is 0 Å². The van der Waals surface area contributed by atoms with Crippen LogP contribution in [0.1, 0.15) is 58.2 Å². The van der Waals surface area contributed by atoms with Crippen LogP contribution in [-0.4, -0.2) is 11.3 Å². The normalized spacial score (nSPS) is 14.2. The predicted molar refractivity (Wildman–Crippen MR) is 106 cm³/mol. The molecule has 0 amide bonds. The van der Waals surface area contributed by atoms with Crippen molar-refractivity contribution >= 4 is 11.4 Å². The number of benzene rings is 2. The van der Waals surface area contributed by atoms with Gasteiger partial charge in [0.1, 0.15) is 11.4 Å². The topological polar surface area (TPSA) is 21.6 Å². The van der Waals surface area contributed by atoms with Crippen molar-refractivity contribution in [1.82, 2.24) is 0 Å². The van der Waals surface area contributed by atoms with Crippen LogP contribution < -0.4 is 4.74 Å². The van der Waals surface area contributed by atoms with Crippen molar-refractivity contribution in [3.05, 3.63) is 59.2 Å². The van der Waals surface area contributed by atoms with Crippen LogP contribution in [-0.2, 0) is 12.8 Å². The molecule has 25 heavy (non-hydrogen) atoms. The van der Waals surface area contributed by atoms with E-state index in [-0.39, 0.29) is 5.60 Å². The lowest BCUT2D eigenvalue weighted by molar-refractivity contribution is 0.131. The fourth-order valence-corrected chi connectivity index (χ4v) is 3.19. The number of aliphatic imine (C=N–C) groups is 1. The van der Waals surface area contributed by atoms with Gasteiger partial charge in [0, 0.05) is 6.42 Å². The molecule has 0 spiro atoms. The molecule has 0 bridgehead atoms. The number of rotatable bonds is 3. The monoisotopic (exact) mass is 335 g/mol. The highest BCUT2D eigenvalue weighted by Gasteiger charge is 2.19. The second kappa shape index (κ2) is 6.33. The van der Waals surface area contributed by atoms with Gasteiger partial charge in [0.15, 0.2) is 0 Å². The Labute approximate surface area is 152 Å². The van der Waals surface area contributed by atoms with Crippen molar-refractivity contribution in [2.24, 2.45) is 10.4 Å². The second-order valence-corrected chi connectivity index (χ2v) is 9.17. The molecule has 2 heteroatoms. The van der Waals surface area contributed by atoms with Crippen molar-refractivity contribution in [1.29, 1.82) is 0 Å². The SMILES string of the molecule is CC(C)(C)Cc1ccc(C2=Nc3ccc(OC(C)(C)C)cc3C2)cc1. The van der Waals surface area contributed by atoms with Crippen LogP contribution in [0.3, 0.4) is 0 Å². The molecule has 3 rings (SSSR count). The van der Waals surface area contributed by atoms with Gasteiger partial charge in [-0.1, -0.05) is 45.0 Å². The summed E-state index contributed by atoms with van der Waals surface area (Å²) in [5.74, 6) is 0.920. The number of fused-ring (bicyclic) bond motifs is 1. The molecule has 1 aliphatic heterocycles. The highest BCUT2D eigenvalue weighted by atomic mass is 16.5. The van der Waals surface area contributed by atoms with E-state index in [2.05, 4.69) is 77.9 Å². The maximum absolute atomic E-state index is 5.98. The van der Waals surface area contributed by atoms with Crippen molar-refractivity contribution in [3.63, 3.8) is 0 Å². The molecule has 2 aromatic rings. The van der Waals surface area contributed by atoms with E-state index in [1.165, 1.54) is 16.7 Å². The van der Waals surface area contributed by atoms with Gasteiger partial charge in [-0.2, -0.15) is 0 Å². The summed E-state index contributed by atoms with van der Waals surface area (Å²) in [7, 11) is 0. The molecule has 0 saturated heterocycles. The first-order valence-electron chi connectivity index (χ1n) is 9.08. The van der Waals surface area contributed by atoms with Crippen molar-refractivity contribution < 1.29 is 4.74 Å². The number of ether oxygens (including phenoxy) is 1. The molecule has 0 aliphatic carbocycles. The lowest BCUT2D eigenvalue weighted by Crippen LogP contribution is -2.22. The summed E-state index contributed by atoms with van der Waals surface area (Å²) < 4.78 is 5.98. The van der Waals surface area contributed by atoms with Gasteiger partial charge < -0.3 is 4.74 Å². The molecule has 132 valence electrons. The lowest BCUT2D eigenvalue weighted by Gasteiger charge is -2.21. The Kier molecular flexibility index (Phi) is 4.49. The molecule has 2 aromatic carbocycles. The van der Waals surface area contributed by atoms with Gasteiger partial charge in [-0.25, -0.2) is 0 Å². The van der Waals surface area contributed by atoms with Crippen LogP contribution in [0.2, 0.25) is 0 Å². The Morgan fingerprint density at radius 1 is 0.920 bits per heavy atom. The average Bonchev–Trinajstić information content (AvgIpc) is 2.87. The van der Waals surface area contributed by atoms with Gasteiger partial charge in [0.05, 0.1) is 11.4 Å². The summed E-state index contributed by atoms with van der Waals surface area (Å²) in [6.07, 6.45) is 1.96. The number of hydrogen-bond donors (Lipinski definition) is 0. The summed E-state index contributed by atoms with van der Waals surface area (Å²) >= 11 is 0. The van der Waals surface area contributed by atoms with Crippen molar-refractivity contribution in [2.75, 3.05) is 0 Å². The van der Waals surface area contributed by atoms with Gasteiger partial charge >= 0.3 is 0 Å². The minimum atomic E-state index is -0.181. The lowest BCUT2D eigenvalue weighted by atomic mass is 9.88. The molecule has 0 N–H and O–H groups in total. The Balaban J connectivity index is 1.75. The van der Waals surface area contributed by atoms with Crippen LogP contribution in [0.5, 0.6) is 5.75 Å². The van der Waals surface area contributed by atoms with Gasteiger partial charge in [-0.05, 0) is 67.5 Å². The summed E-state index contributed by atoms with van der Waals surface area (Å²) in [6, 6.07) is 15.1. The van der Waals surface area contributed by atoms with Gasteiger partial charge in [-0.3, -0.25) is 4.99 Å². The highest BCUT2D eigenvalue weighted by molar-refractivity contribution is 6.06. The molecular weight excluding hydrogens is 306 g/mol. The fourth-order valence-electron chi connectivity index (χ4n) is 3.19. The zero-order valence-electron chi connectivity index (χ0n) is 16.3. The molecule has 0 unspecified atom stereocenters. The van der Waals surface area contributed by atoms with Crippen molar-refractivity contribution in [3.8, 4) is 5.75 Å². The smallest absolute Gasteiger partial charge is 0.120 e. The third kappa shape index (κ3) is 4.72. The largest absolute Gasteiger partial charge is 0.488 e. The first kappa shape index (κ1) is 17.7. The summed E-state index contributed by atoms with van der Waals surface area (Å²) in [5.41, 5.74) is 6.18.